The zero-order valence-corrected chi connectivity index (χ0v) is 10.6. The predicted molar refractivity (Wildman–Crippen MR) is 66.0 cm³/mol. The molecular formula is C12H18N4O2. The minimum absolute atomic E-state index is 0.122. The number of carbonyl (C=O) groups is 2. The smallest absolute Gasteiger partial charge is 0.269 e. The van der Waals surface area contributed by atoms with Crippen LogP contribution in [-0.2, 0) is 11.8 Å². The van der Waals surface area contributed by atoms with Crippen LogP contribution in [0.5, 0.6) is 0 Å². The van der Waals surface area contributed by atoms with Gasteiger partial charge in [0.15, 0.2) is 0 Å². The fraction of sp³-hybridized carbons (Fsp3) is 0.583. The molecule has 0 radical (unpaired) electrons. The molecule has 98 valence electrons. The molecule has 0 saturated carbocycles. The second kappa shape index (κ2) is 5.66. The molecule has 2 heterocycles. The molecule has 0 spiro atoms. The molecule has 6 heteroatoms. The van der Waals surface area contributed by atoms with E-state index < -0.39 is 0 Å². The number of aryl methyl sites for hydroxylation is 1. The van der Waals surface area contributed by atoms with E-state index in [1.807, 2.05) is 4.90 Å². The lowest BCUT2D eigenvalue weighted by Crippen LogP contribution is -2.31. The van der Waals surface area contributed by atoms with Gasteiger partial charge in [-0.1, -0.05) is 0 Å². The molecule has 2 rings (SSSR count). The minimum Gasteiger partial charge on any atom is -0.351 e. The van der Waals surface area contributed by atoms with E-state index >= 15 is 0 Å². The molecule has 1 saturated heterocycles. The van der Waals surface area contributed by atoms with E-state index in [1.165, 1.54) is 0 Å². The third-order valence-electron chi connectivity index (χ3n) is 3.12. The first-order chi connectivity index (χ1) is 8.68. The van der Waals surface area contributed by atoms with Crippen LogP contribution in [0.1, 0.15) is 29.8 Å². The summed E-state index contributed by atoms with van der Waals surface area (Å²) in [6, 6.07) is 1.68. The third kappa shape index (κ3) is 2.88. The van der Waals surface area contributed by atoms with Crippen molar-refractivity contribution in [3.63, 3.8) is 0 Å². The molecule has 1 fully saturated rings. The van der Waals surface area contributed by atoms with E-state index in [0.717, 1.165) is 25.9 Å². The highest BCUT2D eigenvalue weighted by molar-refractivity contribution is 5.92. The lowest BCUT2D eigenvalue weighted by molar-refractivity contribution is -0.127. The largest absolute Gasteiger partial charge is 0.351 e. The maximum absolute atomic E-state index is 11.7. The molecule has 1 aromatic rings. The summed E-state index contributed by atoms with van der Waals surface area (Å²) in [4.78, 5) is 25.0. The Morgan fingerprint density at radius 1 is 1.56 bits per heavy atom. The lowest BCUT2D eigenvalue weighted by Gasteiger charge is -2.15. The maximum atomic E-state index is 11.7. The highest BCUT2D eigenvalue weighted by atomic mass is 16.2. The van der Waals surface area contributed by atoms with Gasteiger partial charge in [-0.3, -0.25) is 14.3 Å². The molecule has 1 aliphatic heterocycles. The Morgan fingerprint density at radius 2 is 2.39 bits per heavy atom. The van der Waals surface area contributed by atoms with Gasteiger partial charge in [0, 0.05) is 39.3 Å². The normalized spacial score (nSPS) is 15.2. The summed E-state index contributed by atoms with van der Waals surface area (Å²) in [5, 5.41) is 6.77. The monoisotopic (exact) mass is 250 g/mol. The standard InChI is InChI=1S/C12H18N4O2/c1-15-10(5-7-14-15)12(18)13-6-3-9-16-8-2-4-11(16)17/h5,7H,2-4,6,8-9H2,1H3,(H,13,18). The van der Waals surface area contributed by atoms with E-state index in [2.05, 4.69) is 10.4 Å². The van der Waals surface area contributed by atoms with Gasteiger partial charge >= 0.3 is 0 Å². The van der Waals surface area contributed by atoms with Crippen LogP contribution in [0.15, 0.2) is 12.3 Å². The van der Waals surface area contributed by atoms with Crippen LogP contribution in [0.4, 0.5) is 0 Å². The van der Waals surface area contributed by atoms with Crippen molar-refractivity contribution < 1.29 is 9.59 Å². The zero-order chi connectivity index (χ0) is 13.0. The highest BCUT2D eigenvalue weighted by Gasteiger charge is 2.19. The molecule has 0 bridgehead atoms. The molecule has 0 unspecified atom stereocenters. The van der Waals surface area contributed by atoms with Crippen LogP contribution in [0.3, 0.4) is 0 Å². The van der Waals surface area contributed by atoms with Gasteiger partial charge in [0.1, 0.15) is 5.69 Å². The molecule has 1 aliphatic rings. The van der Waals surface area contributed by atoms with Gasteiger partial charge in [0.2, 0.25) is 5.91 Å². The molecule has 6 nitrogen and oxygen atoms in total. The molecule has 18 heavy (non-hydrogen) atoms. The maximum Gasteiger partial charge on any atom is 0.269 e. The van der Waals surface area contributed by atoms with E-state index in [-0.39, 0.29) is 11.8 Å². The van der Waals surface area contributed by atoms with Crippen molar-refractivity contribution in [3.8, 4) is 0 Å². The number of nitrogens with zero attached hydrogens (tertiary/aromatic N) is 3. The third-order valence-corrected chi connectivity index (χ3v) is 3.12. The summed E-state index contributed by atoms with van der Waals surface area (Å²) in [7, 11) is 1.73. The number of amides is 2. The summed E-state index contributed by atoms with van der Waals surface area (Å²) in [5.41, 5.74) is 0.548. The van der Waals surface area contributed by atoms with Crippen LogP contribution in [0, 0.1) is 0 Å². The van der Waals surface area contributed by atoms with E-state index in [1.54, 1.807) is 24.0 Å². The first-order valence-corrected chi connectivity index (χ1v) is 6.22. The first-order valence-electron chi connectivity index (χ1n) is 6.22. The van der Waals surface area contributed by atoms with Crippen LogP contribution in [0.2, 0.25) is 0 Å². The van der Waals surface area contributed by atoms with Crippen molar-refractivity contribution in [1.29, 1.82) is 0 Å². The van der Waals surface area contributed by atoms with Gasteiger partial charge in [0.25, 0.3) is 5.91 Å². The molecule has 2 amide bonds. The number of rotatable bonds is 5. The van der Waals surface area contributed by atoms with Crippen molar-refractivity contribution in [2.75, 3.05) is 19.6 Å². The van der Waals surface area contributed by atoms with E-state index in [4.69, 9.17) is 0 Å². The number of hydrogen-bond donors (Lipinski definition) is 1. The van der Waals surface area contributed by atoms with Gasteiger partial charge < -0.3 is 10.2 Å². The van der Waals surface area contributed by atoms with Crippen molar-refractivity contribution in [2.24, 2.45) is 7.05 Å². The van der Waals surface area contributed by atoms with Crippen LogP contribution in [0.25, 0.3) is 0 Å². The summed E-state index contributed by atoms with van der Waals surface area (Å²) in [6.07, 6.45) is 4.01. The summed E-state index contributed by atoms with van der Waals surface area (Å²) < 4.78 is 1.54. The van der Waals surface area contributed by atoms with Gasteiger partial charge in [-0.15, -0.1) is 0 Å². The van der Waals surface area contributed by atoms with E-state index in [0.29, 0.717) is 18.7 Å². The Bertz CT molecular complexity index is 441. The second-order valence-corrected chi connectivity index (χ2v) is 4.43. The average Bonchev–Trinajstić information content (AvgIpc) is 2.94. The second-order valence-electron chi connectivity index (χ2n) is 4.43. The number of hydrogen-bond acceptors (Lipinski definition) is 3. The Morgan fingerprint density at radius 3 is 3.00 bits per heavy atom. The van der Waals surface area contributed by atoms with Gasteiger partial charge in [-0.2, -0.15) is 5.10 Å². The summed E-state index contributed by atoms with van der Waals surface area (Å²) in [5.74, 6) is 0.107. The highest BCUT2D eigenvalue weighted by Crippen LogP contribution is 2.09. The molecular weight excluding hydrogens is 232 g/mol. The Balaban J connectivity index is 1.68. The molecule has 1 N–H and O–H groups in total. The number of carbonyl (C=O) groups excluding carboxylic acids is 2. The number of nitrogens with one attached hydrogen (secondary N) is 1. The van der Waals surface area contributed by atoms with Crippen molar-refractivity contribution in [3.05, 3.63) is 18.0 Å². The fourth-order valence-electron chi connectivity index (χ4n) is 2.10. The molecule has 0 aromatic carbocycles. The summed E-state index contributed by atoms with van der Waals surface area (Å²) >= 11 is 0. The summed E-state index contributed by atoms with van der Waals surface area (Å²) in [6.45, 7) is 2.16. The Labute approximate surface area is 106 Å². The van der Waals surface area contributed by atoms with Crippen LogP contribution < -0.4 is 5.32 Å². The molecule has 0 aliphatic carbocycles. The predicted octanol–water partition coefficient (Wildman–Crippen LogP) is 0.162. The quantitative estimate of drug-likeness (QED) is 0.757. The van der Waals surface area contributed by atoms with Gasteiger partial charge in [0.05, 0.1) is 0 Å². The number of aromatic nitrogens is 2. The molecule has 0 atom stereocenters. The SMILES string of the molecule is Cn1nccc1C(=O)NCCCN1CCCC1=O. The topological polar surface area (TPSA) is 67.2 Å². The Hall–Kier alpha value is -1.85. The van der Waals surface area contributed by atoms with Crippen LogP contribution >= 0.6 is 0 Å². The fourth-order valence-corrected chi connectivity index (χ4v) is 2.10. The first kappa shape index (κ1) is 12.6. The lowest BCUT2D eigenvalue weighted by atomic mass is 10.3. The van der Waals surface area contributed by atoms with Crippen molar-refractivity contribution in [2.45, 2.75) is 19.3 Å². The van der Waals surface area contributed by atoms with Crippen molar-refractivity contribution in [1.82, 2.24) is 20.0 Å². The Kier molecular flexibility index (Phi) is 3.96. The molecule has 1 aromatic heterocycles. The van der Waals surface area contributed by atoms with Gasteiger partial charge in [-0.25, -0.2) is 0 Å². The zero-order valence-electron chi connectivity index (χ0n) is 10.6. The average molecular weight is 250 g/mol. The van der Waals surface area contributed by atoms with Crippen LogP contribution in [-0.4, -0.2) is 46.1 Å². The van der Waals surface area contributed by atoms with E-state index in [9.17, 15) is 9.59 Å². The van der Waals surface area contributed by atoms with Gasteiger partial charge in [-0.05, 0) is 18.9 Å². The minimum atomic E-state index is -0.122. The number of likely N-dealkylation sites (tertiary alicyclic amines) is 1. The van der Waals surface area contributed by atoms with Crippen molar-refractivity contribution >= 4 is 11.8 Å².